The number of halogens is 10. The molecule has 0 atom stereocenters. The van der Waals surface area contributed by atoms with E-state index < -0.39 is 59.9 Å². The molecule has 0 heterocycles. The molecule has 0 fully saturated rings. The first kappa shape index (κ1) is 53.8. The van der Waals surface area contributed by atoms with Crippen LogP contribution in [-0.2, 0) is 27.6 Å². The molecule has 11 nitrogen and oxygen atoms in total. The van der Waals surface area contributed by atoms with Gasteiger partial charge in [0.1, 0.15) is 24.7 Å². The summed E-state index contributed by atoms with van der Waals surface area (Å²) >= 11 is 0. The minimum Gasteiger partial charge on any atom is -0.430 e. The van der Waals surface area contributed by atoms with E-state index in [9.17, 15) is 43.9 Å². The summed E-state index contributed by atoms with van der Waals surface area (Å²) < 4.78 is 174. The van der Waals surface area contributed by atoms with E-state index in [1.807, 2.05) is 74.0 Å². The Kier molecular flexibility index (Phi) is 24.3. The van der Waals surface area contributed by atoms with Crippen molar-refractivity contribution in [3.8, 4) is 11.5 Å². The first-order valence-electron chi connectivity index (χ1n) is 16.3. The maximum atomic E-state index is 12.6. The third kappa shape index (κ3) is 21.5. The summed E-state index contributed by atoms with van der Waals surface area (Å²) in [6.45, 7) is 2.44. The molecule has 0 amide bonds. The molecule has 2 aromatic carbocycles. The zero-order valence-corrected chi connectivity index (χ0v) is 34.8. The number of nitrogens with zero attached hydrogens (tertiary/aromatic N) is 3. The van der Waals surface area contributed by atoms with Crippen LogP contribution in [0.1, 0.15) is 12.8 Å². The van der Waals surface area contributed by atoms with Crippen LogP contribution in [0, 0.1) is 0 Å². The number of methoxy groups -OCH3 is 2. The fourth-order valence-electron chi connectivity index (χ4n) is 3.20. The summed E-state index contributed by atoms with van der Waals surface area (Å²) in [6.07, 6.45) is -10.2. The number of rotatable bonds is 20. The lowest BCUT2D eigenvalue weighted by molar-refractivity contribution is -0.293. The van der Waals surface area contributed by atoms with Gasteiger partial charge in [0, 0.05) is 68.6 Å². The van der Waals surface area contributed by atoms with Gasteiger partial charge < -0.3 is 36.6 Å². The zero-order chi connectivity index (χ0) is 43.2. The van der Waals surface area contributed by atoms with Crippen molar-refractivity contribution < 1.29 is 80.5 Å². The summed E-state index contributed by atoms with van der Waals surface area (Å²) in [4.78, 5) is 0. The fourth-order valence-corrected chi connectivity index (χ4v) is 6.78. The third-order valence-corrected chi connectivity index (χ3v) is 12.4. The Bertz CT molecular complexity index is 1440. The molecule has 326 valence electrons. The second-order valence-electron chi connectivity index (χ2n) is 11.1. The highest BCUT2D eigenvalue weighted by molar-refractivity contribution is 7.56. The Morgan fingerprint density at radius 3 is 1.04 bits per heavy atom. The molecule has 24 heteroatoms. The SMILES string of the molecule is CN=P(C)(OCC(F)(F)C(F)(F)F)OCC(F)(F)C(F)(F)F.CN=P(C)(OCCCOC)OCCCOC.CN=P(C)(Oc1ccccc1)Oc1ccccc1. The van der Waals surface area contributed by atoms with E-state index >= 15 is 0 Å². The molecule has 0 saturated heterocycles. The van der Waals surface area contributed by atoms with E-state index in [4.69, 9.17) is 27.6 Å². The van der Waals surface area contributed by atoms with Gasteiger partial charge in [0.05, 0.1) is 13.2 Å². The summed E-state index contributed by atoms with van der Waals surface area (Å²) in [7, 11) is -0.829. The summed E-state index contributed by atoms with van der Waals surface area (Å²) in [5.41, 5.74) is 0. The van der Waals surface area contributed by atoms with Crippen molar-refractivity contribution in [1.82, 2.24) is 0 Å². The molecule has 0 bridgehead atoms. The summed E-state index contributed by atoms with van der Waals surface area (Å²) in [6, 6.07) is 19.2. The van der Waals surface area contributed by atoms with Crippen LogP contribution in [0.2, 0.25) is 0 Å². The molecule has 0 aromatic heterocycles. The minimum absolute atomic E-state index is 0.617. The number of para-hydroxylation sites is 2. The highest BCUT2D eigenvalue weighted by atomic mass is 31.2. The van der Waals surface area contributed by atoms with Gasteiger partial charge in [-0.05, 0) is 37.1 Å². The van der Waals surface area contributed by atoms with Gasteiger partial charge in [0.25, 0.3) is 0 Å². The Balaban J connectivity index is 0.000000821. The van der Waals surface area contributed by atoms with Gasteiger partial charge in [0.2, 0.25) is 15.0 Å². The minimum atomic E-state index is -5.98. The Hall–Kier alpha value is -2.21. The van der Waals surface area contributed by atoms with E-state index in [-0.39, 0.29) is 0 Å². The van der Waals surface area contributed by atoms with Gasteiger partial charge in [-0.1, -0.05) is 36.4 Å². The molecule has 0 radical (unpaired) electrons. The van der Waals surface area contributed by atoms with Crippen LogP contribution in [0.3, 0.4) is 0 Å². The number of alkyl halides is 10. The Morgan fingerprint density at radius 2 is 0.768 bits per heavy atom. The number of hydrogen-bond acceptors (Lipinski definition) is 11. The molecular weight excluding hydrogens is 837 g/mol. The third-order valence-electron chi connectivity index (χ3n) is 6.57. The largest absolute Gasteiger partial charge is 0.455 e. The highest BCUT2D eigenvalue weighted by Gasteiger charge is 2.59. The van der Waals surface area contributed by atoms with Crippen LogP contribution in [0.5, 0.6) is 11.5 Å². The van der Waals surface area contributed by atoms with Crippen molar-refractivity contribution in [2.45, 2.75) is 37.0 Å². The molecule has 0 N–H and O–H groups in total. The van der Waals surface area contributed by atoms with Crippen LogP contribution >= 0.6 is 22.5 Å². The van der Waals surface area contributed by atoms with Crippen molar-refractivity contribution in [3.63, 3.8) is 0 Å². The van der Waals surface area contributed by atoms with Crippen molar-refractivity contribution >= 4 is 22.5 Å². The number of hydrogen-bond donors (Lipinski definition) is 0. The fraction of sp³-hybridized carbons (Fsp3) is 0.625. The van der Waals surface area contributed by atoms with E-state index in [1.54, 1.807) is 28.3 Å². The van der Waals surface area contributed by atoms with Gasteiger partial charge in [-0.25, -0.2) is 4.74 Å². The highest BCUT2D eigenvalue weighted by Crippen LogP contribution is 2.52. The van der Waals surface area contributed by atoms with Crippen LogP contribution in [0.15, 0.2) is 74.9 Å². The van der Waals surface area contributed by atoms with Gasteiger partial charge in [0.15, 0.2) is 0 Å². The molecule has 0 aliphatic carbocycles. The molecule has 0 aliphatic heterocycles. The summed E-state index contributed by atoms with van der Waals surface area (Å²) in [5, 5.41) is 0. The Labute approximate surface area is 321 Å². The van der Waals surface area contributed by atoms with Crippen LogP contribution < -0.4 is 9.05 Å². The lowest BCUT2D eigenvalue weighted by atomic mass is 10.3. The maximum Gasteiger partial charge on any atom is 0.455 e. The quantitative estimate of drug-likeness (QED) is 0.0734. The number of benzene rings is 2. The lowest BCUT2D eigenvalue weighted by Crippen LogP contribution is -2.41. The molecule has 0 spiro atoms. The summed E-state index contributed by atoms with van der Waals surface area (Å²) in [5.74, 6) is -9.13. The molecule has 2 rings (SSSR count). The molecule has 56 heavy (non-hydrogen) atoms. The molecule has 0 unspecified atom stereocenters. The van der Waals surface area contributed by atoms with Gasteiger partial charge in [-0.2, -0.15) is 43.9 Å². The molecule has 2 aromatic rings. The van der Waals surface area contributed by atoms with Crippen molar-refractivity contribution in [3.05, 3.63) is 60.7 Å². The molecule has 0 saturated carbocycles. The number of ether oxygens (including phenoxy) is 2. The van der Waals surface area contributed by atoms with Gasteiger partial charge in [-0.3, -0.25) is 9.49 Å². The van der Waals surface area contributed by atoms with Crippen molar-refractivity contribution in [1.29, 1.82) is 0 Å². The maximum absolute atomic E-state index is 12.6. The molecule has 0 aliphatic rings. The van der Waals surface area contributed by atoms with Crippen molar-refractivity contribution in [2.24, 2.45) is 14.2 Å². The first-order valence-corrected chi connectivity index (χ1v) is 22.3. The lowest BCUT2D eigenvalue weighted by Gasteiger charge is -2.26. The zero-order valence-electron chi connectivity index (χ0n) is 32.2. The van der Waals surface area contributed by atoms with Crippen LogP contribution in [0.25, 0.3) is 0 Å². The average molecular weight is 888 g/mol. The van der Waals surface area contributed by atoms with Crippen LogP contribution in [-0.4, -0.2) is 119 Å². The predicted molar refractivity (Wildman–Crippen MR) is 197 cm³/mol. The Morgan fingerprint density at radius 1 is 0.464 bits per heavy atom. The van der Waals surface area contributed by atoms with E-state index in [0.717, 1.165) is 31.4 Å². The standard InChI is InChI=1S/C14H16NO2P.C10H24NO4P.C8H10F10NO2P/c1-15-18(2,16-13-9-5-3-6-10-13)17-14-11-7-4-8-12-14;1-11-16(4,14-9-5-7-12-2)15-10-6-8-13-3;1-19-22(2,20-3-5(9,10)7(13,14)15)21-4-6(11,12)8(16,17)18/h3-12H,1-2H3;5-10H2,1-4H3;3-4H2,1-2H3. The first-order chi connectivity index (χ1) is 25.9. The van der Waals surface area contributed by atoms with Crippen LogP contribution in [0.4, 0.5) is 43.9 Å². The van der Waals surface area contributed by atoms with E-state index in [0.29, 0.717) is 33.1 Å². The average Bonchev–Trinajstić information content (AvgIpc) is 3.14. The molecular formula is C32H50F10N3O8P3. The van der Waals surface area contributed by atoms with E-state index in [1.165, 1.54) is 0 Å². The van der Waals surface area contributed by atoms with Gasteiger partial charge >= 0.3 is 31.7 Å². The monoisotopic (exact) mass is 887 g/mol. The second-order valence-corrected chi connectivity index (χ2v) is 18.5. The van der Waals surface area contributed by atoms with Gasteiger partial charge in [-0.15, -0.1) is 0 Å². The normalized spacial score (nSPS) is 12.8. The second kappa shape index (κ2) is 25.3. The van der Waals surface area contributed by atoms with Crippen molar-refractivity contribution in [2.75, 3.05) is 95.0 Å². The smallest absolute Gasteiger partial charge is 0.430 e. The topological polar surface area (TPSA) is 111 Å². The van der Waals surface area contributed by atoms with E-state index in [2.05, 4.69) is 23.3 Å². The predicted octanol–water partition coefficient (Wildman–Crippen LogP) is 11.5.